The summed E-state index contributed by atoms with van der Waals surface area (Å²) in [5, 5.41) is 13.8. The van der Waals surface area contributed by atoms with Gasteiger partial charge in [-0.2, -0.15) is 0 Å². The first-order chi connectivity index (χ1) is 8.52. The lowest BCUT2D eigenvalue weighted by Crippen LogP contribution is -2.31. The molecule has 6 nitrogen and oxygen atoms in total. The number of aromatic hydroxyl groups is 1. The van der Waals surface area contributed by atoms with Crippen LogP contribution < -0.4 is 10.6 Å². The fourth-order valence-electron chi connectivity index (χ4n) is 1.11. The molecule has 0 aliphatic heterocycles. The minimum Gasteiger partial charge on any atom is -0.508 e. The molecule has 0 spiro atoms. The van der Waals surface area contributed by atoms with Crippen LogP contribution in [0.5, 0.6) is 5.75 Å². The monoisotopic (exact) mass is 250 g/mol. The number of phenolic OH excluding ortho intramolecular Hbond substituents is 1. The maximum absolute atomic E-state index is 11.5. The molecule has 1 aromatic rings. The van der Waals surface area contributed by atoms with E-state index in [2.05, 4.69) is 21.9 Å². The van der Waals surface area contributed by atoms with Crippen LogP contribution in [0.1, 0.15) is 6.92 Å². The van der Waals surface area contributed by atoms with Gasteiger partial charge in [0.25, 0.3) is 0 Å². The molecule has 18 heavy (non-hydrogen) atoms. The quantitative estimate of drug-likeness (QED) is 0.430. The van der Waals surface area contributed by atoms with Gasteiger partial charge in [0.2, 0.25) is 0 Å². The maximum Gasteiger partial charge on any atom is 0.354 e. The van der Waals surface area contributed by atoms with Gasteiger partial charge in [0.05, 0.1) is 6.61 Å². The molecule has 0 radical (unpaired) electrons. The van der Waals surface area contributed by atoms with Crippen molar-refractivity contribution in [1.82, 2.24) is 5.32 Å². The van der Waals surface area contributed by atoms with Crippen molar-refractivity contribution in [3.63, 3.8) is 0 Å². The third-order valence-electron chi connectivity index (χ3n) is 1.91. The second kappa shape index (κ2) is 6.29. The van der Waals surface area contributed by atoms with E-state index in [4.69, 9.17) is 5.11 Å². The van der Waals surface area contributed by atoms with Crippen LogP contribution in [0.2, 0.25) is 0 Å². The number of phenols is 1. The average Bonchev–Trinajstić information content (AvgIpc) is 2.32. The molecule has 0 fully saturated rings. The zero-order valence-electron chi connectivity index (χ0n) is 9.90. The van der Waals surface area contributed by atoms with E-state index in [1.807, 2.05) is 0 Å². The first-order valence-electron chi connectivity index (χ1n) is 5.26. The molecule has 0 saturated carbocycles. The van der Waals surface area contributed by atoms with E-state index in [0.717, 1.165) is 0 Å². The van der Waals surface area contributed by atoms with Gasteiger partial charge in [0.1, 0.15) is 11.4 Å². The van der Waals surface area contributed by atoms with Gasteiger partial charge in [-0.15, -0.1) is 0 Å². The van der Waals surface area contributed by atoms with Gasteiger partial charge in [-0.25, -0.2) is 9.59 Å². The lowest BCUT2D eigenvalue weighted by atomic mass is 10.3. The topological polar surface area (TPSA) is 87.7 Å². The molecule has 1 aromatic carbocycles. The fraction of sp³-hybridized carbons (Fsp3) is 0.167. The summed E-state index contributed by atoms with van der Waals surface area (Å²) in [6, 6.07) is 5.27. The number of hydrogen-bond acceptors (Lipinski definition) is 4. The third kappa shape index (κ3) is 4.17. The Kier molecular flexibility index (Phi) is 4.74. The van der Waals surface area contributed by atoms with E-state index in [9.17, 15) is 9.59 Å². The van der Waals surface area contributed by atoms with Gasteiger partial charge in [-0.3, -0.25) is 0 Å². The molecule has 0 aromatic heterocycles. The molecular formula is C12H14N2O4. The number of carbonyl (C=O) groups excluding carboxylic acids is 2. The second-order valence-electron chi connectivity index (χ2n) is 3.33. The van der Waals surface area contributed by atoms with Crippen LogP contribution in [-0.4, -0.2) is 23.7 Å². The number of hydrogen-bond donors (Lipinski definition) is 3. The molecule has 96 valence electrons. The van der Waals surface area contributed by atoms with Crippen LogP contribution in [0.15, 0.2) is 36.5 Å². The molecule has 6 heteroatoms. The standard InChI is InChI=1S/C12H14N2O4/c1-3-18-11(16)8(2)13-12(17)14-9-4-6-10(15)7-5-9/h4-7,15H,2-3H2,1H3,(H2,13,14,17). The van der Waals surface area contributed by atoms with Crippen LogP contribution in [0.3, 0.4) is 0 Å². The van der Waals surface area contributed by atoms with Crippen molar-refractivity contribution in [2.24, 2.45) is 0 Å². The minimum atomic E-state index is -0.682. The molecule has 0 atom stereocenters. The number of ether oxygens (including phenoxy) is 1. The molecule has 0 saturated heterocycles. The van der Waals surface area contributed by atoms with Gasteiger partial charge >= 0.3 is 12.0 Å². The first kappa shape index (κ1) is 13.6. The molecule has 1 rings (SSSR count). The van der Waals surface area contributed by atoms with E-state index in [-0.39, 0.29) is 18.1 Å². The van der Waals surface area contributed by atoms with Crippen LogP contribution in [-0.2, 0) is 9.53 Å². The number of carbonyl (C=O) groups is 2. The molecule has 0 bridgehead atoms. The molecule has 0 unspecified atom stereocenters. The van der Waals surface area contributed by atoms with Gasteiger partial charge < -0.3 is 20.5 Å². The van der Waals surface area contributed by atoms with Crippen molar-refractivity contribution in [3.05, 3.63) is 36.5 Å². The SMILES string of the molecule is C=C(NC(=O)Nc1ccc(O)cc1)C(=O)OCC. The van der Waals surface area contributed by atoms with E-state index < -0.39 is 12.0 Å². The minimum absolute atomic E-state index is 0.0943. The summed E-state index contributed by atoms with van der Waals surface area (Å²) < 4.78 is 4.66. The Morgan fingerprint density at radius 2 is 1.94 bits per heavy atom. The largest absolute Gasteiger partial charge is 0.508 e. The Bertz CT molecular complexity index is 454. The Labute approximate surface area is 104 Å². The fourth-order valence-corrected chi connectivity index (χ4v) is 1.11. The Hall–Kier alpha value is -2.50. The average molecular weight is 250 g/mol. The van der Waals surface area contributed by atoms with Gasteiger partial charge in [-0.1, -0.05) is 6.58 Å². The Morgan fingerprint density at radius 1 is 1.33 bits per heavy atom. The van der Waals surface area contributed by atoms with Crippen LogP contribution in [0, 0.1) is 0 Å². The van der Waals surface area contributed by atoms with Crippen LogP contribution in [0.25, 0.3) is 0 Å². The van der Waals surface area contributed by atoms with Crippen LogP contribution in [0.4, 0.5) is 10.5 Å². The van der Waals surface area contributed by atoms with E-state index in [1.54, 1.807) is 6.92 Å². The predicted octanol–water partition coefficient (Wildman–Crippen LogP) is 1.59. The smallest absolute Gasteiger partial charge is 0.354 e. The number of esters is 1. The van der Waals surface area contributed by atoms with Gasteiger partial charge in [0.15, 0.2) is 0 Å². The summed E-state index contributed by atoms with van der Waals surface area (Å²) in [6.45, 7) is 5.24. The molecule has 0 aliphatic rings. The normalized spacial score (nSPS) is 9.39. The first-order valence-corrected chi connectivity index (χ1v) is 5.26. The summed E-state index contributed by atoms with van der Waals surface area (Å²) in [7, 11) is 0. The highest BCUT2D eigenvalue weighted by molar-refractivity contribution is 5.97. The number of rotatable bonds is 4. The zero-order chi connectivity index (χ0) is 13.5. The molecular weight excluding hydrogens is 236 g/mol. The predicted molar refractivity (Wildman–Crippen MR) is 66.0 cm³/mol. The highest BCUT2D eigenvalue weighted by Crippen LogP contribution is 2.13. The lowest BCUT2D eigenvalue weighted by Gasteiger charge is -2.09. The number of urea groups is 1. The Balaban J connectivity index is 2.49. The number of amides is 2. The number of nitrogens with one attached hydrogen (secondary N) is 2. The van der Waals surface area contributed by atoms with Crippen molar-refractivity contribution in [2.45, 2.75) is 6.92 Å². The van der Waals surface area contributed by atoms with Gasteiger partial charge in [0, 0.05) is 5.69 Å². The molecule has 3 N–H and O–H groups in total. The highest BCUT2D eigenvalue weighted by atomic mass is 16.5. The second-order valence-corrected chi connectivity index (χ2v) is 3.33. The zero-order valence-corrected chi connectivity index (χ0v) is 9.90. The van der Waals surface area contributed by atoms with Gasteiger partial charge in [-0.05, 0) is 31.2 Å². The lowest BCUT2D eigenvalue weighted by molar-refractivity contribution is -0.138. The van der Waals surface area contributed by atoms with Crippen molar-refractivity contribution in [1.29, 1.82) is 0 Å². The van der Waals surface area contributed by atoms with Crippen molar-refractivity contribution in [3.8, 4) is 5.75 Å². The summed E-state index contributed by atoms with van der Waals surface area (Å²) >= 11 is 0. The van der Waals surface area contributed by atoms with Crippen LogP contribution >= 0.6 is 0 Å². The number of anilines is 1. The van der Waals surface area contributed by atoms with Crippen molar-refractivity contribution >= 4 is 17.7 Å². The summed E-state index contributed by atoms with van der Waals surface area (Å²) in [6.07, 6.45) is 0. The number of benzene rings is 1. The molecule has 2 amide bonds. The summed E-state index contributed by atoms with van der Waals surface area (Å²) in [5.41, 5.74) is 0.329. The van der Waals surface area contributed by atoms with Crippen molar-refractivity contribution < 1.29 is 19.4 Å². The Morgan fingerprint density at radius 3 is 2.50 bits per heavy atom. The summed E-state index contributed by atoms with van der Waals surface area (Å²) in [5.74, 6) is -0.588. The highest BCUT2D eigenvalue weighted by Gasteiger charge is 2.11. The van der Waals surface area contributed by atoms with E-state index in [1.165, 1.54) is 24.3 Å². The maximum atomic E-state index is 11.5. The van der Waals surface area contributed by atoms with E-state index in [0.29, 0.717) is 5.69 Å². The molecule has 0 heterocycles. The molecule has 0 aliphatic carbocycles. The van der Waals surface area contributed by atoms with E-state index >= 15 is 0 Å². The van der Waals surface area contributed by atoms with Crippen molar-refractivity contribution in [2.75, 3.05) is 11.9 Å². The summed E-state index contributed by atoms with van der Waals surface area (Å²) in [4.78, 5) is 22.6. The third-order valence-corrected chi connectivity index (χ3v) is 1.91.